The van der Waals surface area contributed by atoms with E-state index in [0.29, 0.717) is 22.6 Å². The van der Waals surface area contributed by atoms with E-state index in [9.17, 15) is 17.6 Å². The number of piperidine rings is 2. The maximum absolute atomic E-state index is 15.0. The molecule has 3 fully saturated rings. The van der Waals surface area contributed by atoms with Crippen LogP contribution in [0.4, 0.5) is 10.1 Å². The van der Waals surface area contributed by atoms with Crippen LogP contribution in [0.15, 0.2) is 47.4 Å². The van der Waals surface area contributed by atoms with E-state index in [-0.39, 0.29) is 22.9 Å². The van der Waals surface area contributed by atoms with Gasteiger partial charge in [0.1, 0.15) is 5.82 Å². The van der Waals surface area contributed by atoms with Crippen molar-refractivity contribution >= 4 is 21.4 Å². The van der Waals surface area contributed by atoms with Gasteiger partial charge in [-0.05, 0) is 111 Å². The fraction of sp³-hybridized carbons (Fsp3) is 0.618. The lowest BCUT2D eigenvalue weighted by Gasteiger charge is -2.52. The predicted octanol–water partition coefficient (Wildman–Crippen LogP) is 6.54. The van der Waals surface area contributed by atoms with Crippen LogP contribution in [0.2, 0.25) is 0 Å². The Kier molecular flexibility index (Phi) is 8.19. The normalized spacial score (nSPS) is 24.9. The van der Waals surface area contributed by atoms with Crippen LogP contribution in [-0.4, -0.2) is 51.2 Å². The molecule has 2 saturated heterocycles. The van der Waals surface area contributed by atoms with Gasteiger partial charge in [0.2, 0.25) is 5.91 Å². The summed E-state index contributed by atoms with van der Waals surface area (Å²) in [5, 5.41) is 0. The van der Waals surface area contributed by atoms with Crippen LogP contribution in [-0.2, 0) is 26.5 Å². The number of nitrogens with zero attached hydrogens (tertiary/aromatic N) is 2. The highest BCUT2D eigenvalue weighted by atomic mass is 32.2. The third kappa shape index (κ3) is 5.32. The summed E-state index contributed by atoms with van der Waals surface area (Å²) >= 11 is 0. The van der Waals surface area contributed by atoms with Gasteiger partial charge in [-0.15, -0.1) is 0 Å². The van der Waals surface area contributed by atoms with Gasteiger partial charge in [0.15, 0.2) is 9.84 Å². The molecule has 2 aliphatic heterocycles. The molecule has 1 amide bonds. The lowest BCUT2D eigenvalue weighted by Crippen LogP contribution is -2.51. The average molecular weight is 581 g/mol. The molecule has 1 atom stereocenters. The molecule has 2 heterocycles. The molecule has 4 aliphatic rings. The summed E-state index contributed by atoms with van der Waals surface area (Å²) in [6, 6.07) is 13.0. The van der Waals surface area contributed by atoms with E-state index in [1.807, 2.05) is 18.2 Å². The van der Waals surface area contributed by atoms with E-state index in [0.717, 1.165) is 82.4 Å². The first-order chi connectivity index (χ1) is 19.8. The molecule has 0 spiro atoms. The van der Waals surface area contributed by atoms with Gasteiger partial charge in [-0.3, -0.25) is 4.79 Å². The van der Waals surface area contributed by atoms with Crippen LogP contribution in [0.1, 0.15) is 82.3 Å². The monoisotopic (exact) mass is 580 g/mol. The van der Waals surface area contributed by atoms with Crippen LogP contribution in [0.3, 0.4) is 0 Å². The topological polar surface area (TPSA) is 57.7 Å². The largest absolute Gasteiger partial charge is 0.371 e. The number of hydrogen-bond donors (Lipinski definition) is 0. The number of fused-ring (bicyclic) bond motifs is 1. The Labute approximate surface area is 245 Å². The first-order valence-electron chi connectivity index (χ1n) is 16.0. The maximum atomic E-state index is 15.0. The Balaban J connectivity index is 1.09. The smallest absolute Gasteiger partial charge is 0.225 e. The van der Waals surface area contributed by atoms with E-state index in [2.05, 4.69) is 15.9 Å². The summed E-state index contributed by atoms with van der Waals surface area (Å²) in [5.74, 6) is 1.58. The van der Waals surface area contributed by atoms with Crippen molar-refractivity contribution < 1.29 is 17.6 Å². The molecular weight excluding hydrogens is 535 g/mol. The first kappa shape index (κ1) is 28.7. The van der Waals surface area contributed by atoms with Gasteiger partial charge < -0.3 is 9.80 Å². The molecule has 7 heteroatoms. The molecule has 5 nitrogen and oxygen atoms in total. The number of halogens is 1. The number of anilines is 1. The molecule has 0 bridgehead atoms. The Hall–Kier alpha value is -2.41. The first-order valence-corrected chi connectivity index (χ1v) is 17.6. The van der Waals surface area contributed by atoms with Crippen LogP contribution in [0, 0.1) is 23.6 Å². The highest BCUT2D eigenvalue weighted by Crippen LogP contribution is 2.56. The second-order valence-corrected chi connectivity index (χ2v) is 15.2. The molecule has 0 N–H and O–H groups in total. The number of amides is 1. The summed E-state index contributed by atoms with van der Waals surface area (Å²) < 4.78 is 39.3. The van der Waals surface area contributed by atoms with Crippen LogP contribution in [0.5, 0.6) is 0 Å². The van der Waals surface area contributed by atoms with Crippen molar-refractivity contribution in [3.8, 4) is 0 Å². The Bertz CT molecular complexity index is 1340. The molecule has 0 radical (unpaired) electrons. The van der Waals surface area contributed by atoms with Gasteiger partial charge in [0.25, 0.3) is 0 Å². The number of likely N-dealkylation sites (tertiary alicyclic amines) is 1. The highest BCUT2D eigenvalue weighted by Gasteiger charge is 2.50. The minimum absolute atomic E-state index is 0.0227. The SMILES string of the molecule is CCS(=O)(=O)c1ccc(N2CCC(C(=O)N3CCC(C4(C5CCCC5)CCCc5c(F)cccc54)CC3)CC2)cc1. The highest BCUT2D eigenvalue weighted by molar-refractivity contribution is 7.91. The molecule has 1 saturated carbocycles. The van der Waals surface area contributed by atoms with Gasteiger partial charge in [0.05, 0.1) is 10.6 Å². The van der Waals surface area contributed by atoms with Crippen molar-refractivity contribution in [2.24, 2.45) is 17.8 Å². The lowest BCUT2D eigenvalue weighted by atomic mass is 9.54. The van der Waals surface area contributed by atoms with Crippen molar-refractivity contribution in [2.75, 3.05) is 36.8 Å². The summed E-state index contributed by atoms with van der Waals surface area (Å²) in [5.41, 5.74) is 3.36. The van der Waals surface area contributed by atoms with E-state index in [1.165, 1.54) is 31.2 Å². The predicted molar refractivity (Wildman–Crippen MR) is 161 cm³/mol. The number of rotatable bonds is 6. The van der Waals surface area contributed by atoms with Gasteiger partial charge in [-0.25, -0.2) is 12.8 Å². The molecule has 2 aliphatic carbocycles. The molecule has 1 unspecified atom stereocenters. The molecular formula is C34H45FN2O3S. The minimum atomic E-state index is -3.20. The van der Waals surface area contributed by atoms with E-state index >= 15 is 0 Å². The summed E-state index contributed by atoms with van der Waals surface area (Å²) in [4.78, 5) is 18.4. The van der Waals surface area contributed by atoms with Crippen molar-refractivity contribution in [1.29, 1.82) is 0 Å². The fourth-order valence-electron chi connectivity index (χ4n) is 8.85. The third-order valence-electron chi connectivity index (χ3n) is 11.0. The number of carbonyl (C=O) groups excluding carboxylic acids is 1. The quantitative estimate of drug-likeness (QED) is 0.389. The van der Waals surface area contributed by atoms with Crippen molar-refractivity contribution in [3.05, 3.63) is 59.4 Å². The van der Waals surface area contributed by atoms with E-state index in [4.69, 9.17) is 0 Å². The Morgan fingerprint density at radius 1 is 0.878 bits per heavy atom. The summed E-state index contributed by atoms with van der Waals surface area (Å²) in [7, 11) is -3.20. The van der Waals surface area contributed by atoms with Gasteiger partial charge >= 0.3 is 0 Å². The van der Waals surface area contributed by atoms with Crippen molar-refractivity contribution in [3.63, 3.8) is 0 Å². The minimum Gasteiger partial charge on any atom is -0.371 e. The van der Waals surface area contributed by atoms with Crippen molar-refractivity contribution in [2.45, 2.75) is 87.9 Å². The Morgan fingerprint density at radius 2 is 1.54 bits per heavy atom. The zero-order chi connectivity index (χ0) is 28.6. The number of sulfone groups is 1. The molecule has 2 aromatic carbocycles. The van der Waals surface area contributed by atoms with E-state index in [1.54, 1.807) is 25.1 Å². The zero-order valence-electron chi connectivity index (χ0n) is 24.5. The number of benzene rings is 2. The van der Waals surface area contributed by atoms with Gasteiger partial charge in [-0.1, -0.05) is 31.9 Å². The molecule has 222 valence electrons. The molecule has 0 aromatic heterocycles. The molecule has 2 aromatic rings. The standard InChI is InChI=1S/C34H45FN2O3S/c1-2-41(39,40)29-14-12-28(13-15-29)36-21-16-25(17-22-36)33(38)37-23-18-27(19-24-37)34(26-7-3-4-8-26)20-6-9-30-31(34)10-5-11-32(30)35/h5,10-15,25-27H,2-4,6-9,16-24H2,1H3. The summed E-state index contributed by atoms with van der Waals surface area (Å²) in [6.07, 6.45) is 11.9. The lowest BCUT2D eigenvalue weighted by molar-refractivity contribution is -0.138. The van der Waals surface area contributed by atoms with Crippen LogP contribution < -0.4 is 4.90 Å². The summed E-state index contributed by atoms with van der Waals surface area (Å²) in [6.45, 7) is 4.91. The number of carbonyl (C=O) groups is 1. The average Bonchev–Trinajstić information content (AvgIpc) is 3.57. The maximum Gasteiger partial charge on any atom is 0.225 e. The molecule has 41 heavy (non-hydrogen) atoms. The fourth-order valence-corrected chi connectivity index (χ4v) is 9.74. The Morgan fingerprint density at radius 3 is 2.20 bits per heavy atom. The second kappa shape index (κ2) is 11.7. The third-order valence-corrected chi connectivity index (χ3v) is 12.8. The molecule has 6 rings (SSSR count). The van der Waals surface area contributed by atoms with Gasteiger partial charge in [-0.2, -0.15) is 0 Å². The van der Waals surface area contributed by atoms with Crippen molar-refractivity contribution in [1.82, 2.24) is 4.90 Å². The van der Waals surface area contributed by atoms with Crippen LogP contribution in [0.25, 0.3) is 0 Å². The zero-order valence-corrected chi connectivity index (χ0v) is 25.3. The van der Waals surface area contributed by atoms with E-state index < -0.39 is 9.84 Å². The number of hydrogen-bond acceptors (Lipinski definition) is 4. The van der Waals surface area contributed by atoms with Gasteiger partial charge in [0, 0.05) is 43.2 Å². The van der Waals surface area contributed by atoms with Crippen LogP contribution >= 0.6 is 0 Å². The second-order valence-electron chi connectivity index (χ2n) is 12.9.